The molecule has 0 radical (unpaired) electrons. The van der Waals surface area contributed by atoms with Crippen LogP contribution < -0.4 is 5.73 Å². The number of hydrogen-bond donors (Lipinski definition) is 1. The Hall–Kier alpha value is -1.34. The number of nitrogen functional groups attached to an aromatic ring is 1. The molecule has 0 saturated carbocycles. The minimum absolute atomic E-state index is 0.157. The molecule has 66 valence electrons. The Kier molecular flexibility index (Phi) is 2.69. The predicted molar refractivity (Wildman–Crippen MR) is 53.3 cm³/mol. The van der Waals surface area contributed by atoms with Crippen LogP contribution >= 0.6 is 15.9 Å². The standard InChI is InChI=1S/C9H7BrN2O/c1-5(13)6-2-3-8(10)9(12)7(6)4-11/h2-3H,12H2,1H3. The van der Waals surface area contributed by atoms with Crippen molar-refractivity contribution in [3.63, 3.8) is 0 Å². The molecule has 0 fully saturated rings. The lowest BCUT2D eigenvalue weighted by molar-refractivity contribution is 0.101. The van der Waals surface area contributed by atoms with Crippen LogP contribution in [-0.2, 0) is 0 Å². The van der Waals surface area contributed by atoms with Gasteiger partial charge in [0.1, 0.15) is 6.07 Å². The number of ketones is 1. The topological polar surface area (TPSA) is 66.9 Å². The Morgan fingerprint density at radius 2 is 2.23 bits per heavy atom. The van der Waals surface area contributed by atoms with Gasteiger partial charge in [-0.15, -0.1) is 0 Å². The summed E-state index contributed by atoms with van der Waals surface area (Å²) in [5.74, 6) is -0.157. The maximum absolute atomic E-state index is 11.1. The van der Waals surface area contributed by atoms with E-state index >= 15 is 0 Å². The highest BCUT2D eigenvalue weighted by atomic mass is 79.9. The van der Waals surface area contributed by atoms with E-state index in [0.717, 1.165) is 0 Å². The lowest BCUT2D eigenvalue weighted by atomic mass is 10.0. The molecule has 0 spiro atoms. The van der Waals surface area contributed by atoms with Crippen LogP contribution in [0.4, 0.5) is 5.69 Å². The summed E-state index contributed by atoms with van der Waals surface area (Å²) in [7, 11) is 0. The summed E-state index contributed by atoms with van der Waals surface area (Å²) in [5.41, 5.74) is 6.53. The van der Waals surface area contributed by atoms with E-state index in [1.165, 1.54) is 6.92 Å². The SMILES string of the molecule is CC(=O)c1ccc(Br)c(N)c1C#N. The van der Waals surface area contributed by atoms with E-state index in [2.05, 4.69) is 15.9 Å². The lowest BCUT2D eigenvalue weighted by Gasteiger charge is -2.04. The zero-order valence-electron chi connectivity index (χ0n) is 6.97. The minimum Gasteiger partial charge on any atom is -0.397 e. The molecule has 0 atom stereocenters. The summed E-state index contributed by atoms with van der Waals surface area (Å²) in [6.07, 6.45) is 0. The first-order chi connectivity index (χ1) is 6.07. The maximum atomic E-state index is 11.1. The molecule has 0 saturated heterocycles. The molecule has 0 aliphatic heterocycles. The second-order valence-corrected chi connectivity index (χ2v) is 3.41. The fourth-order valence-electron chi connectivity index (χ4n) is 1.01. The third-order valence-corrected chi connectivity index (χ3v) is 2.37. The van der Waals surface area contributed by atoms with Gasteiger partial charge in [0, 0.05) is 10.0 Å². The molecular weight excluding hydrogens is 232 g/mol. The van der Waals surface area contributed by atoms with Crippen molar-refractivity contribution < 1.29 is 4.79 Å². The van der Waals surface area contributed by atoms with Gasteiger partial charge >= 0.3 is 0 Å². The number of carbonyl (C=O) groups is 1. The summed E-state index contributed by atoms with van der Waals surface area (Å²) < 4.78 is 0.633. The summed E-state index contributed by atoms with van der Waals surface area (Å²) in [5, 5.41) is 8.77. The van der Waals surface area contributed by atoms with Crippen LogP contribution in [0.5, 0.6) is 0 Å². The highest BCUT2D eigenvalue weighted by molar-refractivity contribution is 9.10. The zero-order valence-corrected chi connectivity index (χ0v) is 8.55. The first-order valence-electron chi connectivity index (χ1n) is 3.57. The average Bonchev–Trinajstić information content (AvgIpc) is 2.09. The lowest BCUT2D eigenvalue weighted by Crippen LogP contribution is -2.01. The van der Waals surface area contributed by atoms with Crippen molar-refractivity contribution in [2.45, 2.75) is 6.92 Å². The Morgan fingerprint density at radius 3 is 2.69 bits per heavy atom. The van der Waals surface area contributed by atoms with E-state index in [-0.39, 0.29) is 11.3 Å². The number of halogens is 1. The van der Waals surface area contributed by atoms with Crippen molar-refractivity contribution >= 4 is 27.4 Å². The van der Waals surface area contributed by atoms with Crippen molar-refractivity contribution in [1.82, 2.24) is 0 Å². The van der Waals surface area contributed by atoms with Gasteiger partial charge in [0.25, 0.3) is 0 Å². The fraction of sp³-hybridized carbons (Fsp3) is 0.111. The second kappa shape index (κ2) is 3.58. The van der Waals surface area contributed by atoms with Gasteiger partial charge in [-0.3, -0.25) is 4.79 Å². The summed E-state index contributed by atoms with van der Waals surface area (Å²) in [4.78, 5) is 11.1. The van der Waals surface area contributed by atoms with Gasteiger partial charge in [0.05, 0.1) is 11.3 Å². The highest BCUT2D eigenvalue weighted by Gasteiger charge is 2.11. The van der Waals surface area contributed by atoms with E-state index in [1.807, 2.05) is 6.07 Å². The Balaban J connectivity index is 3.50. The summed E-state index contributed by atoms with van der Waals surface area (Å²) >= 11 is 3.18. The molecule has 3 nitrogen and oxygen atoms in total. The number of anilines is 1. The molecule has 0 bridgehead atoms. The number of rotatable bonds is 1. The first kappa shape index (κ1) is 9.75. The van der Waals surface area contributed by atoms with Gasteiger partial charge < -0.3 is 5.73 Å². The van der Waals surface area contributed by atoms with Crippen LogP contribution in [0.15, 0.2) is 16.6 Å². The van der Waals surface area contributed by atoms with Gasteiger partial charge in [-0.1, -0.05) is 0 Å². The molecule has 0 aromatic heterocycles. The van der Waals surface area contributed by atoms with Crippen LogP contribution in [0.25, 0.3) is 0 Å². The molecule has 2 N–H and O–H groups in total. The normalized spacial score (nSPS) is 9.31. The quantitative estimate of drug-likeness (QED) is 0.602. The van der Waals surface area contributed by atoms with Crippen LogP contribution in [0, 0.1) is 11.3 Å². The van der Waals surface area contributed by atoms with Crippen LogP contribution in [0.1, 0.15) is 22.8 Å². The van der Waals surface area contributed by atoms with Crippen molar-refractivity contribution in [2.75, 3.05) is 5.73 Å². The molecule has 1 aromatic rings. The molecule has 0 aliphatic carbocycles. The molecule has 0 unspecified atom stereocenters. The smallest absolute Gasteiger partial charge is 0.161 e. The number of hydrogen-bond acceptors (Lipinski definition) is 3. The van der Waals surface area contributed by atoms with Crippen LogP contribution in [-0.4, -0.2) is 5.78 Å². The highest BCUT2D eigenvalue weighted by Crippen LogP contribution is 2.25. The van der Waals surface area contributed by atoms with Crippen LogP contribution in [0.2, 0.25) is 0 Å². The van der Waals surface area contributed by atoms with E-state index in [4.69, 9.17) is 11.0 Å². The zero-order chi connectivity index (χ0) is 10.0. The molecule has 1 rings (SSSR count). The fourth-order valence-corrected chi connectivity index (χ4v) is 1.34. The molecule has 0 aliphatic rings. The molecule has 13 heavy (non-hydrogen) atoms. The maximum Gasteiger partial charge on any atom is 0.161 e. The Morgan fingerprint density at radius 1 is 1.62 bits per heavy atom. The number of nitrogens with two attached hydrogens (primary N) is 1. The molecule has 0 heterocycles. The number of nitriles is 1. The van der Waals surface area contributed by atoms with Gasteiger partial charge in [-0.05, 0) is 35.0 Å². The van der Waals surface area contributed by atoms with E-state index in [1.54, 1.807) is 12.1 Å². The largest absolute Gasteiger partial charge is 0.397 e. The van der Waals surface area contributed by atoms with Gasteiger partial charge in [-0.2, -0.15) is 5.26 Å². The first-order valence-corrected chi connectivity index (χ1v) is 4.36. The third kappa shape index (κ3) is 1.70. The molecule has 4 heteroatoms. The van der Waals surface area contributed by atoms with Crippen molar-refractivity contribution in [1.29, 1.82) is 5.26 Å². The van der Waals surface area contributed by atoms with Crippen molar-refractivity contribution in [3.05, 3.63) is 27.7 Å². The summed E-state index contributed by atoms with van der Waals surface area (Å²) in [6, 6.07) is 5.15. The Labute approximate surface area is 84.3 Å². The number of Topliss-reactive ketones (excluding diaryl/α,β-unsaturated/α-hetero) is 1. The van der Waals surface area contributed by atoms with Crippen LogP contribution in [0.3, 0.4) is 0 Å². The number of carbonyl (C=O) groups excluding carboxylic acids is 1. The minimum atomic E-state index is -0.157. The second-order valence-electron chi connectivity index (χ2n) is 2.55. The predicted octanol–water partition coefficient (Wildman–Crippen LogP) is 2.11. The van der Waals surface area contributed by atoms with Gasteiger partial charge in [0.2, 0.25) is 0 Å². The molecule has 1 aromatic carbocycles. The van der Waals surface area contributed by atoms with Gasteiger partial charge in [0.15, 0.2) is 5.78 Å². The molecular formula is C9H7BrN2O. The number of benzene rings is 1. The summed E-state index contributed by atoms with van der Waals surface area (Å²) in [6.45, 7) is 1.41. The van der Waals surface area contributed by atoms with E-state index < -0.39 is 0 Å². The third-order valence-electron chi connectivity index (χ3n) is 1.68. The molecule has 0 amide bonds. The average molecular weight is 239 g/mol. The Bertz CT molecular complexity index is 407. The monoisotopic (exact) mass is 238 g/mol. The van der Waals surface area contributed by atoms with E-state index in [9.17, 15) is 4.79 Å². The van der Waals surface area contributed by atoms with Crippen molar-refractivity contribution in [2.24, 2.45) is 0 Å². The number of nitrogens with zero attached hydrogens (tertiary/aromatic N) is 1. The van der Waals surface area contributed by atoms with E-state index in [0.29, 0.717) is 15.7 Å². The van der Waals surface area contributed by atoms with Crippen molar-refractivity contribution in [3.8, 4) is 6.07 Å². The van der Waals surface area contributed by atoms with Gasteiger partial charge in [-0.25, -0.2) is 0 Å².